The molecule has 4 aromatic rings. The lowest BCUT2D eigenvalue weighted by Gasteiger charge is -2.14. The minimum Gasteiger partial charge on any atom is -0.489 e. The normalized spacial score (nSPS) is 10.4. The predicted octanol–water partition coefficient (Wildman–Crippen LogP) is 6.41. The van der Waals surface area contributed by atoms with Crippen LogP contribution in [0.3, 0.4) is 0 Å². The molecule has 36 heavy (non-hydrogen) atoms. The zero-order valence-electron chi connectivity index (χ0n) is 20.0. The van der Waals surface area contributed by atoms with Crippen molar-refractivity contribution in [1.82, 2.24) is 0 Å². The molecular weight excluding hydrogens is 452 g/mol. The minimum atomic E-state index is -0.398. The number of aryl methyl sites for hydroxylation is 1. The molecule has 5 nitrogen and oxygen atoms in total. The summed E-state index contributed by atoms with van der Waals surface area (Å²) in [5, 5.41) is 0. The summed E-state index contributed by atoms with van der Waals surface area (Å²) in [4.78, 5) is 24.9. The summed E-state index contributed by atoms with van der Waals surface area (Å²) < 4.78 is 17.0. The maximum Gasteiger partial charge on any atom is 0.338 e. The van der Waals surface area contributed by atoms with Gasteiger partial charge in [0.25, 0.3) is 0 Å². The van der Waals surface area contributed by atoms with Crippen LogP contribution in [0.4, 0.5) is 0 Å². The summed E-state index contributed by atoms with van der Waals surface area (Å²) in [5.41, 5.74) is 3.80. The molecule has 0 unspecified atom stereocenters. The van der Waals surface area contributed by atoms with Crippen molar-refractivity contribution in [3.05, 3.63) is 137 Å². The quantitative estimate of drug-likeness (QED) is 0.183. The number of ether oxygens (including phenoxy) is 3. The van der Waals surface area contributed by atoms with E-state index in [1.807, 2.05) is 66.7 Å². The fourth-order valence-electron chi connectivity index (χ4n) is 3.67. The Balaban J connectivity index is 1.40. The highest BCUT2D eigenvalue weighted by atomic mass is 16.5. The number of esters is 2. The number of hydrogen-bond acceptors (Lipinski definition) is 5. The molecule has 0 aliphatic carbocycles. The molecule has 0 saturated heterocycles. The number of hydrogen-bond donors (Lipinski definition) is 0. The molecule has 0 bridgehead atoms. The lowest BCUT2D eigenvalue weighted by Crippen LogP contribution is -2.09. The summed E-state index contributed by atoms with van der Waals surface area (Å²) in [5.74, 6) is -0.0625. The highest BCUT2D eigenvalue weighted by molar-refractivity contribution is 5.90. The van der Waals surface area contributed by atoms with E-state index >= 15 is 0 Å². The van der Waals surface area contributed by atoms with Crippen LogP contribution >= 0.6 is 0 Å². The van der Waals surface area contributed by atoms with Gasteiger partial charge in [0.1, 0.15) is 19.0 Å². The first-order valence-electron chi connectivity index (χ1n) is 11.9. The van der Waals surface area contributed by atoms with E-state index in [4.69, 9.17) is 14.2 Å². The molecule has 0 aliphatic heterocycles. The lowest BCUT2D eigenvalue weighted by molar-refractivity contribution is 0.0471. The van der Waals surface area contributed by atoms with E-state index in [2.05, 4.69) is 0 Å². The van der Waals surface area contributed by atoms with Gasteiger partial charge in [-0.25, -0.2) is 9.59 Å². The zero-order valence-corrected chi connectivity index (χ0v) is 20.0. The second-order valence-corrected chi connectivity index (χ2v) is 8.26. The average Bonchev–Trinajstić information content (AvgIpc) is 2.94. The molecule has 0 heterocycles. The van der Waals surface area contributed by atoms with Crippen molar-refractivity contribution >= 4 is 11.9 Å². The Hall–Kier alpha value is -4.38. The third-order valence-corrected chi connectivity index (χ3v) is 5.58. The standard InChI is InChI=1S/C31H28O5/c32-30(26-15-8-3-9-16-26)34-20-10-17-27-21-28(31(33)36-23-25-13-6-2-7-14-25)18-19-29(27)35-22-24-11-4-1-5-12-24/h1-9,11-16,18-19,21H,10,17,20,22-23H2. The van der Waals surface area contributed by atoms with Gasteiger partial charge in [-0.15, -0.1) is 0 Å². The van der Waals surface area contributed by atoms with Gasteiger partial charge in [0.15, 0.2) is 0 Å². The van der Waals surface area contributed by atoms with Crippen molar-refractivity contribution < 1.29 is 23.8 Å². The van der Waals surface area contributed by atoms with Crippen LogP contribution in [0, 0.1) is 0 Å². The molecule has 0 fully saturated rings. The van der Waals surface area contributed by atoms with Crippen molar-refractivity contribution in [3.8, 4) is 5.75 Å². The van der Waals surface area contributed by atoms with E-state index in [1.54, 1.807) is 42.5 Å². The summed E-state index contributed by atoms with van der Waals surface area (Å²) in [6, 6.07) is 33.7. The molecule has 4 rings (SSSR count). The first-order chi connectivity index (χ1) is 17.7. The first kappa shape index (κ1) is 24.7. The van der Waals surface area contributed by atoms with Crippen LogP contribution in [0.1, 0.15) is 43.8 Å². The highest BCUT2D eigenvalue weighted by Crippen LogP contribution is 2.24. The zero-order chi connectivity index (χ0) is 25.0. The van der Waals surface area contributed by atoms with E-state index in [0.717, 1.165) is 16.7 Å². The van der Waals surface area contributed by atoms with E-state index in [-0.39, 0.29) is 19.2 Å². The Kier molecular flexibility index (Phi) is 8.87. The number of rotatable bonds is 11. The van der Waals surface area contributed by atoms with Gasteiger partial charge in [0, 0.05) is 0 Å². The molecule has 0 saturated carbocycles. The van der Waals surface area contributed by atoms with E-state index in [0.29, 0.717) is 36.3 Å². The molecule has 0 amide bonds. The minimum absolute atomic E-state index is 0.205. The second kappa shape index (κ2) is 12.9. The molecular formula is C31H28O5. The van der Waals surface area contributed by atoms with Gasteiger partial charge in [-0.1, -0.05) is 78.9 Å². The second-order valence-electron chi connectivity index (χ2n) is 8.26. The topological polar surface area (TPSA) is 61.8 Å². The van der Waals surface area contributed by atoms with Crippen LogP contribution in [0.5, 0.6) is 5.75 Å². The largest absolute Gasteiger partial charge is 0.489 e. The third kappa shape index (κ3) is 7.31. The van der Waals surface area contributed by atoms with Crippen LogP contribution in [0.25, 0.3) is 0 Å². The van der Waals surface area contributed by atoms with Crippen LogP contribution in [0.2, 0.25) is 0 Å². The fourth-order valence-corrected chi connectivity index (χ4v) is 3.67. The smallest absolute Gasteiger partial charge is 0.338 e. The first-order valence-corrected chi connectivity index (χ1v) is 11.9. The van der Waals surface area contributed by atoms with Gasteiger partial charge in [0.05, 0.1) is 17.7 Å². The van der Waals surface area contributed by atoms with Crippen molar-refractivity contribution in [2.24, 2.45) is 0 Å². The van der Waals surface area contributed by atoms with Crippen LogP contribution < -0.4 is 4.74 Å². The van der Waals surface area contributed by atoms with Crippen LogP contribution in [-0.2, 0) is 29.1 Å². The Morgan fingerprint density at radius 3 is 1.83 bits per heavy atom. The molecule has 182 valence electrons. The summed E-state index contributed by atoms with van der Waals surface area (Å²) in [6.45, 7) is 0.875. The van der Waals surface area contributed by atoms with Gasteiger partial charge < -0.3 is 14.2 Å². The van der Waals surface area contributed by atoms with E-state index in [9.17, 15) is 9.59 Å². The maximum absolute atomic E-state index is 12.7. The van der Waals surface area contributed by atoms with Crippen molar-refractivity contribution in [1.29, 1.82) is 0 Å². The van der Waals surface area contributed by atoms with E-state index in [1.165, 1.54) is 0 Å². The van der Waals surface area contributed by atoms with Crippen LogP contribution in [0.15, 0.2) is 109 Å². The Labute approximate surface area is 211 Å². The molecule has 5 heteroatoms. The number of benzene rings is 4. The van der Waals surface area contributed by atoms with Crippen molar-refractivity contribution in [3.63, 3.8) is 0 Å². The van der Waals surface area contributed by atoms with Gasteiger partial charge in [0.2, 0.25) is 0 Å². The highest BCUT2D eigenvalue weighted by Gasteiger charge is 2.13. The Morgan fingerprint density at radius 2 is 1.17 bits per heavy atom. The summed E-state index contributed by atoms with van der Waals surface area (Å²) in [6.07, 6.45) is 1.16. The summed E-state index contributed by atoms with van der Waals surface area (Å²) in [7, 11) is 0. The van der Waals surface area contributed by atoms with Crippen molar-refractivity contribution in [2.45, 2.75) is 26.1 Å². The van der Waals surface area contributed by atoms with Gasteiger partial charge in [-0.2, -0.15) is 0 Å². The molecule has 0 aliphatic rings. The van der Waals surface area contributed by atoms with Gasteiger partial charge >= 0.3 is 11.9 Å². The third-order valence-electron chi connectivity index (χ3n) is 5.58. The molecule has 0 spiro atoms. The van der Waals surface area contributed by atoms with E-state index < -0.39 is 5.97 Å². The van der Waals surface area contributed by atoms with Crippen molar-refractivity contribution in [2.75, 3.05) is 6.61 Å². The molecule has 0 N–H and O–H groups in total. The predicted molar refractivity (Wildman–Crippen MR) is 138 cm³/mol. The molecule has 4 aromatic carbocycles. The Bertz CT molecular complexity index is 1250. The molecule has 0 radical (unpaired) electrons. The monoisotopic (exact) mass is 480 g/mol. The molecule has 0 atom stereocenters. The number of carbonyl (C=O) groups excluding carboxylic acids is 2. The molecule has 0 aromatic heterocycles. The SMILES string of the molecule is O=C(OCCCc1cc(C(=O)OCc2ccccc2)ccc1OCc1ccccc1)c1ccccc1. The number of carbonyl (C=O) groups is 2. The van der Waals surface area contributed by atoms with Crippen LogP contribution in [-0.4, -0.2) is 18.5 Å². The fraction of sp³-hybridized carbons (Fsp3) is 0.161. The van der Waals surface area contributed by atoms with Gasteiger partial charge in [-0.05, 0) is 59.9 Å². The maximum atomic E-state index is 12.7. The summed E-state index contributed by atoms with van der Waals surface area (Å²) >= 11 is 0. The average molecular weight is 481 g/mol. The van der Waals surface area contributed by atoms with Gasteiger partial charge in [-0.3, -0.25) is 0 Å². The Morgan fingerprint density at radius 1 is 0.583 bits per heavy atom. The lowest BCUT2D eigenvalue weighted by atomic mass is 10.0.